The van der Waals surface area contributed by atoms with Crippen LogP contribution < -0.4 is 14.8 Å². The third-order valence-corrected chi connectivity index (χ3v) is 7.81. The largest absolute Gasteiger partial charge is 0.484 e. The predicted molar refractivity (Wildman–Crippen MR) is 159 cm³/mol. The van der Waals surface area contributed by atoms with Crippen LogP contribution in [-0.2, 0) is 32.6 Å². The van der Waals surface area contributed by atoms with Crippen LogP contribution in [0.4, 0.5) is 10.1 Å². The molecule has 1 atom stereocenters. The molecule has 4 rings (SSSR count). The van der Waals surface area contributed by atoms with Gasteiger partial charge in [-0.2, -0.15) is 0 Å². The molecular weight excluding hydrogens is 557 g/mol. The molecule has 218 valence electrons. The third kappa shape index (κ3) is 8.40. The van der Waals surface area contributed by atoms with Gasteiger partial charge < -0.3 is 15.0 Å². The molecule has 0 fully saturated rings. The number of anilines is 1. The van der Waals surface area contributed by atoms with E-state index in [2.05, 4.69) is 10.0 Å². The van der Waals surface area contributed by atoms with E-state index in [4.69, 9.17) is 4.74 Å². The van der Waals surface area contributed by atoms with Crippen molar-refractivity contribution in [3.63, 3.8) is 0 Å². The summed E-state index contributed by atoms with van der Waals surface area (Å²) in [5.41, 5.74) is 1.99. The van der Waals surface area contributed by atoms with Crippen LogP contribution in [0.25, 0.3) is 0 Å². The van der Waals surface area contributed by atoms with Gasteiger partial charge in [0.25, 0.3) is 15.9 Å². The molecule has 0 aliphatic rings. The van der Waals surface area contributed by atoms with E-state index < -0.39 is 27.8 Å². The molecule has 2 amide bonds. The average Bonchev–Trinajstić information content (AvgIpc) is 3.00. The number of carbonyl (C=O) groups excluding carboxylic acids is 2. The molecule has 0 unspecified atom stereocenters. The lowest BCUT2D eigenvalue weighted by molar-refractivity contribution is -0.142. The predicted octanol–water partition coefficient (Wildman–Crippen LogP) is 4.78. The molecule has 8 nitrogen and oxygen atoms in total. The van der Waals surface area contributed by atoms with Gasteiger partial charge in [-0.3, -0.25) is 14.3 Å². The number of amides is 2. The Balaban J connectivity index is 1.50. The molecule has 0 saturated heterocycles. The number of hydrogen-bond donors (Lipinski definition) is 2. The zero-order valence-corrected chi connectivity index (χ0v) is 23.9. The zero-order valence-electron chi connectivity index (χ0n) is 23.1. The first-order valence-electron chi connectivity index (χ1n) is 13.4. The Kier molecular flexibility index (Phi) is 10.3. The summed E-state index contributed by atoms with van der Waals surface area (Å²) in [4.78, 5) is 28.3. The highest BCUT2D eigenvalue weighted by Crippen LogP contribution is 2.21. The standard InChI is InChI=1S/C32H32FN3O5S/c1-2-34-32(38)30(21-24-9-5-3-6-10-24)36(22-25-11-7-4-8-12-25)31(37)23-41-28-17-19-29(20-18-28)42(39,40)35-27-15-13-26(33)14-16-27/h3-20,30,35H,2,21-23H2,1H3,(H,34,38)/t30-/m0/s1. The van der Waals surface area contributed by atoms with E-state index in [-0.39, 0.29) is 35.4 Å². The van der Waals surface area contributed by atoms with Gasteiger partial charge >= 0.3 is 0 Å². The summed E-state index contributed by atoms with van der Waals surface area (Å²) in [6.07, 6.45) is 0.318. The minimum absolute atomic E-state index is 0.0321. The fourth-order valence-electron chi connectivity index (χ4n) is 4.30. The summed E-state index contributed by atoms with van der Waals surface area (Å²) in [7, 11) is -3.93. The van der Waals surface area contributed by atoms with Crippen LogP contribution in [0, 0.1) is 5.82 Å². The number of benzene rings is 4. The second-order valence-electron chi connectivity index (χ2n) is 9.48. The maximum absolute atomic E-state index is 13.6. The van der Waals surface area contributed by atoms with Crippen molar-refractivity contribution in [3.05, 3.63) is 126 Å². The molecule has 4 aromatic rings. The van der Waals surface area contributed by atoms with E-state index in [9.17, 15) is 22.4 Å². The van der Waals surface area contributed by atoms with E-state index in [1.807, 2.05) is 67.6 Å². The van der Waals surface area contributed by atoms with Crippen molar-refractivity contribution >= 4 is 27.5 Å². The highest BCUT2D eigenvalue weighted by atomic mass is 32.2. The van der Waals surface area contributed by atoms with Gasteiger partial charge in [0.05, 0.1) is 4.90 Å². The SMILES string of the molecule is CCNC(=O)[C@H](Cc1ccccc1)N(Cc1ccccc1)C(=O)COc1ccc(S(=O)(=O)Nc2ccc(F)cc2)cc1. The zero-order chi connectivity index (χ0) is 30.0. The molecule has 0 heterocycles. The highest BCUT2D eigenvalue weighted by Gasteiger charge is 2.30. The third-order valence-electron chi connectivity index (χ3n) is 6.41. The molecule has 0 aliphatic carbocycles. The summed E-state index contributed by atoms with van der Waals surface area (Å²) >= 11 is 0. The van der Waals surface area contributed by atoms with Crippen LogP contribution in [0.15, 0.2) is 114 Å². The maximum Gasteiger partial charge on any atom is 0.261 e. The molecular formula is C32H32FN3O5S. The van der Waals surface area contributed by atoms with E-state index in [1.54, 1.807) is 0 Å². The van der Waals surface area contributed by atoms with Crippen molar-refractivity contribution in [2.75, 3.05) is 17.9 Å². The minimum atomic E-state index is -3.93. The minimum Gasteiger partial charge on any atom is -0.484 e. The second-order valence-corrected chi connectivity index (χ2v) is 11.2. The van der Waals surface area contributed by atoms with E-state index in [0.717, 1.165) is 23.3 Å². The van der Waals surface area contributed by atoms with E-state index >= 15 is 0 Å². The lowest BCUT2D eigenvalue weighted by Gasteiger charge is -2.31. The number of carbonyl (C=O) groups is 2. The van der Waals surface area contributed by atoms with Gasteiger partial charge in [-0.15, -0.1) is 0 Å². The van der Waals surface area contributed by atoms with Crippen molar-refractivity contribution in [2.45, 2.75) is 30.8 Å². The number of nitrogens with one attached hydrogen (secondary N) is 2. The lowest BCUT2D eigenvalue weighted by Crippen LogP contribution is -2.51. The van der Waals surface area contributed by atoms with Gasteiger partial charge in [0.15, 0.2) is 6.61 Å². The highest BCUT2D eigenvalue weighted by molar-refractivity contribution is 7.92. The second kappa shape index (κ2) is 14.3. The average molecular weight is 590 g/mol. The quantitative estimate of drug-likeness (QED) is 0.234. The van der Waals surface area contributed by atoms with E-state index in [1.165, 1.54) is 41.3 Å². The molecule has 2 N–H and O–H groups in total. The Bertz CT molecular complexity index is 1570. The summed E-state index contributed by atoms with van der Waals surface area (Å²) in [5, 5.41) is 2.85. The summed E-state index contributed by atoms with van der Waals surface area (Å²) < 4.78 is 46.7. The van der Waals surface area contributed by atoms with Gasteiger partial charge in [-0.1, -0.05) is 60.7 Å². The Morgan fingerprint density at radius 2 is 1.43 bits per heavy atom. The van der Waals surface area contributed by atoms with E-state index in [0.29, 0.717) is 13.0 Å². The van der Waals surface area contributed by atoms with Crippen LogP contribution in [-0.4, -0.2) is 44.3 Å². The summed E-state index contributed by atoms with van der Waals surface area (Å²) in [6.45, 7) is 2.07. The first-order valence-corrected chi connectivity index (χ1v) is 14.9. The number of likely N-dealkylation sites (N-methyl/N-ethyl adjacent to an activating group) is 1. The molecule has 0 aromatic heterocycles. The van der Waals surface area contributed by atoms with Crippen LogP contribution in [0.5, 0.6) is 5.75 Å². The lowest BCUT2D eigenvalue weighted by atomic mass is 10.0. The Labute approximate surface area is 245 Å². The molecule has 0 spiro atoms. The molecule has 10 heteroatoms. The van der Waals surface area contributed by atoms with Crippen LogP contribution >= 0.6 is 0 Å². The number of ether oxygens (including phenoxy) is 1. The molecule has 42 heavy (non-hydrogen) atoms. The monoisotopic (exact) mass is 589 g/mol. The van der Waals surface area contributed by atoms with Crippen molar-refractivity contribution in [1.82, 2.24) is 10.2 Å². The van der Waals surface area contributed by atoms with Crippen LogP contribution in [0.3, 0.4) is 0 Å². The first-order chi connectivity index (χ1) is 20.2. The van der Waals surface area contributed by atoms with Crippen molar-refractivity contribution in [1.29, 1.82) is 0 Å². The normalized spacial score (nSPS) is 11.8. The van der Waals surface area contributed by atoms with Gasteiger partial charge in [0.2, 0.25) is 5.91 Å². The fourth-order valence-corrected chi connectivity index (χ4v) is 5.36. The van der Waals surface area contributed by atoms with Gasteiger partial charge in [-0.25, -0.2) is 12.8 Å². The number of rotatable bonds is 13. The van der Waals surface area contributed by atoms with Crippen molar-refractivity contribution in [3.8, 4) is 5.75 Å². The molecule has 0 radical (unpaired) electrons. The van der Waals surface area contributed by atoms with Crippen molar-refractivity contribution in [2.24, 2.45) is 0 Å². The van der Waals surface area contributed by atoms with Crippen LogP contribution in [0.2, 0.25) is 0 Å². The Morgan fingerprint density at radius 3 is 2.02 bits per heavy atom. The molecule has 0 bridgehead atoms. The topological polar surface area (TPSA) is 105 Å². The molecule has 4 aromatic carbocycles. The number of halogens is 1. The van der Waals surface area contributed by atoms with Gasteiger partial charge in [0.1, 0.15) is 17.6 Å². The summed E-state index contributed by atoms with van der Waals surface area (Å²) in [5.74, 6) is -0.871. The number of sulfonamides is 1. The smallest absolute Gasteiger partial charge is 0.261 e. The Hall–Kier alpha value is -4.70. The Morgan fingerprint density at radius 1 is 0.833 bits per heavy atom. The molecule has 0 aliphatic heterocycles. The fraction of sp³-hybridized carbons (Fsp3) is 0.188. The van der Waals surface area contributed by atoms with Gasteiger partial charge in [0, 0.05) is 25.2 Å². The maximum atomic E-state index is 13.6. The number of hydrogen-bond acceptors (Lipinski definition) is 5. The molecule has 0 saturated carbocycles. The van der Waals surface area contributed by atoms with Crippen molar-refractivity contribution < 1.29 is 27.1 Å². The first kappa shape index (κ1) is 30.3. The number of nitrogens with zero attached hydrogens (tertiary/aromatic N) is 1. The van der Waals surface area contributed by atoms with Gasteiger partial charge in [-0.05, 0) is 66.6 Å². The van der Waals surface area contributed by atoms with Crippen LogP contribution in [0.1, 0.15) is 18.1 Å². The summed E-state index contributed by atoms with van der Waals surface area (Å²) in [6, 6.07) is 28.6.